The van der Waals surface area contributed by atoms with E-state index in [4.69, 9.17) is 21.1 Å². The van der Waals surface area contributed by atoms with E-state index in [0.717, 1.165) is 39.3 Å². The Morgan fingerprint density at radius 3 is 2.73 bits per heavy atom. The predicted octanol–water partition coefficient (Wildman–Crippen LogP) is 1.95. The Morgan fingerprint density at radius 2 is 2.05 bits per heavy atom. The fourth-order valence-corrected chi connectivity index (χ4v) is 2.38. The fraction of sp³-hybridized carbons (Fsp3) is 0.562. The average Bonchev–Trinajstić information content (AvgIpc) is 2.54. The Hall–Kier alpha value is -1.30. The predicted molar refractivity (Wildman–Crippen MR) is 86.4 cm³/mol. The molecule has 2 rings (SSSR count). The van der Waals surface area contributed by atoms with E-state index in [1.165, 1.54) is 0 Å². The Morgan fingerprint density at radius 1 is 1.36 bits per heavy atom. The number of rotatable bonds is 7. The number of halogens is 1. The van der Waals surface area contributed by atoms with Gasteiger partial charge in [-0.05, 0) is 44.2 Å². The SMILES string of the molecule is C[C@@H](Oc1ccc(Cl)cc1)C(=O)NCCCN1CCOCC1. The van der Waals surface area contributed by atoms with Crippen molar-refractivity contribution in [1.29, 1.82) is 0 Å². The molecule has 1 aliphatic rings. The maximum absolute atomic E-state index is 12.0. The second kappa shape index (κ2) is 8.98. The number of benzene rings is 1. The van der Waals surface area contributed by atoms with Crippen LogP contribution >= 0.6 is 11.6 Å². The molecular weight excluding hydrogens is 304 g/mol. The minimum Gasteiger partial charge on any atom is -0.481 e. The zero-order chi connectivity index (χ0) is 15.8. The second-order valence-electron chi connectivity index (χ2n) is 5.31. The molecule has 1 atom stereocenters. The number of carbonyl (C=O) groups excluding carboxylic acids is 1. The summed E-state index contributed by atoms with van der Waals surface area (Å²) >= 11 is 5.81. The molecule has 1 saturated heterocycles. The molecular formula is C16H23ClN2O3. The first-order valence-corrected chi connectivity index (χ1v) is 8.03. The molecule has 1 aromatic rings. The van der Waals surface area contributed by atoms with E-state index in [-0.39, 0.29) is 5.91 Å². The largest absolute Gasteiger partial charge is 0.481 e. The van der Waals surface area contributed by atoms with Gasteiger partial charge in [0.15, 0.2) is 6.10 Å². The van der Waals surface area contributed by atoms with Gasteiger partial charge in [0.2, 0.25) is 0 Å². The average molecular weight is 327 g/mol. The number of nitrogens with one attached hydrogen (secondary N) is 1. The molecule has 1 heterocycles. The molecule has 0 radical (unpaired) electrons. The van der Waals surface area contributed by atoms with E-state index >= 15 is 0 Å². The highest BCUT2D eigenvalue weighted by atomic mass is 35.5. The van der Waals surface area contributed by atoms with E-state index in [9.17, 15) is 4.79 Å². The Bertz CT molecular complexity index is 461. The molecule has 0 unspecified atom stereocenters. The van der Waals surface area contributed by atoms with Crippen molar-refractivity contribution >= 4 is 17.5 Å². The van der Waals surface area contributed by atoms with Gasteiger partial charge in [-0.3, -0.25) is 9.69 Å². The van der Waals surface area contributed by atoms with Crippen LogP contribution in [0.3, 0.4) is 0 Å². The second-order valence-corrected chi connectivity index (χ2v) is 5.75. The Balaban J connectivity index is 1.62. The van der Waals surface area contributed by atoms with Gasteiger partial charge in [0.25, 0.3) is 5.91 Å². The number of amides is 1. The zero-order valence-electron chi connectivity index (χ0n) is 12.9. The third-order valence-electron chi connectivity index (χ3n) is 3.55. The minimum absolute atomic E-state index is 0.100. The highest BCUT2D eigenvalue weighted by Gasteiger charge is 2.14. The molecule has 5 nitrogen and oxygen atoms in total. The molecule has 122 valence electrons. The van der Waals surface area contributed by atoms with Gasteiger partial charge in [-0.25, -0.2) is 0 Å². The van der Waals surface area contributed by atoms with Crippen LogP contribution in [0.2, 0.25) is 5.02 Å². The van der Waals surface area contributed by atoms with Gasteiger partial charge >= 0.3 is 0 Å². The number of hydrogen-bond donors (Lipinski definition) is 1. The summed E-state index contributed by atoms with van der Waals surface area (Å²) in [5.41, 5.74) is 0. The number of morpholine rings is 1. The van der Waals surface area contributed by atoms with E-state index in [1.807, 2.05) is 0 Å². The van der Waals surface area contributed by atoms with Crippen molar-refractivity contribution in [3.8, 4) is 5.75 Å². The van der Waals surface area contributed by atoms with Crippen molar-refractivity contribution in [2.75, 3.05) is 39.4 Å². The lowest BCUT2D eigenvalue weighted by molar-refractivity contribution is -0.127. The smallest absolute Gasteiger partial charge is 0.260 e. The van der Waals surface area contributed by atoms with Crippen molar-refractivity contribution < 1.29 is 14.3 Å². The van der Waals surface area contributed by atoms with Crippen LogP contribution in [0.4, 0.5) is 0 Å². The first kappa shape index (κ1) is 17.1. The standard InChI is InChI=1S/C16H23ClN2O3/c1-13(22-15-5-3-14(17)4-6-15)16(20)18-7-2-8-19-9-11-21-12-10-19/h3-6,13H,2,7-12H2,1H3,(H,18,20)/t13-/m1/s1. The van der Waals surface area contributed by atoms with Crippen LogP contribution in [0.15, 0.2) is 24.3 Å². The minimum atomic E-state index is -0.524. The van der Waals surface area contributed by atoms with Crippen molar-refractivity contribution in [2.45, 2.75) is 19.4 Å². The van der Waals surface area contributed by atoms with Crippen LogP contribution in [0.5, 0.6) is 5.75 Å². The van der Waals surface area contributed by atoms with Crippen LogP contribution in [0.1, 0.15) is 13.3 Å². The first-order valence-electron chi connectivity index (χ1n) is 7.65. The lowest BCUT2D eigenvalue weighted by Gasteiger charge is -2.26. The van der Waals surface area contributed by atoms with Crippen LogP contribution in [0, 0.1) is 0 Å². The number of hydrogen-bond acceptors (Lipinski definition) is 4. The van der Waals surface area contributed by atoms with E-state index < -0.39 is 6.10 Å². The van der Waals surface area contributed by atoms with Crippen LogP contribution in [-0.4, -0.2) is 56.3 Å². The summed E-state index contributed by atoms with van der Waals surface area (Å²) in [4.78, 5) is 14.3. The molecule has 0 aliphatic carbocycles. The van der Waals surface area contributed by atoms with Crippen molar-refractivity contribution in [3.63, 3.8) is 0 Å². The molecule has 1 aliphatic heterocycles. The Kier molecular flexibility index (Phi) is 6.96. The maximum atomic E-state index is 12.0. The molecule has 1 N–H and O–H groups in total. The molecule has 1 amide bonds. The molecule has 0 spiro atoms. The van der Waals surface area contributed by atoms with Gasteiger partial charge < -0.3 is 14.8 Å². The summed E-state index contributed by atoms with van der Waals surface area (Å²) in [5.74, 6) is 0.539. The molecule has 0 saturated carbocycles. The monoisotopic (exact) mass is 326 g/mol. The van der Waals surface area contributed by atoms with Gasteiger partial charge in [-0.15, -0.1) is 0 Å². The van der Waals surface area contributed by atoms with E-state index in [0.29, 0.717) is 17.3 Å². The fourth-order valence-electron chi connectivity index (χ4n) is 2.25. The number of nitrogens with zero attached hydrogens (tertiary/aromatic N) is 1. The molecule has 1 aromatic carbocycles. The summed E-state index contributed by atoms with van der Waals surface area (Å²) in [5, 5.41) is 3.55. The molecule has 6 heteroatoms. The highest BCUT2D eigenvalue weighted by Crippen LogP contribution is 2.16. The highest BCUT2D eigenvalue weighted by molar-refractivity contribution is 6.30. The summed E-state index contributed by atoms with van der Waals surface area (Å²) < 4.78 is 10.9. The van der Waals surface area contributed by atoms with E-state index in [2.05, 4.69) is 10.2 Å². The maximum Gasteiger partial charge on any atom is 0.260 e. The summed E-state index contributed by atoms with van der Waals surface area (Å²) in [6, 6.07) is 6.99. The topological polar surface area (TPSA) is 50.8 Å². The number of carbonyl (C=O) groups is 1. The number of ether oxygens (including phenoxy) is 2. The summed E-state index contributed by atoms with van der Waals surface area (Å²) in [7, 11) is 0. The lowest BCUT2D eigenvalue weighted by Crippen LogP contribution is -2.40. The van der Waals surface area contributed by atoms with Gasteiger partial charge in [-0.1, -0.05) is 11.6 Å². The third kappa shape index (κ3) is 5.83. The van der Waals surface area contributed by atoms with Crippen molar-refractivity contribution in [3.05, 3.63) is 29.3 Å². The lowest BCUT2D eigenvalue weighted by atomic mass is 10.3. The quantitative estimate of drug-likeness (QED) is 0.778. The van der Waals surface area contributed by atoms with E-state index in [1.54, 1.807) is 31.2 Å². The molecule has 0 bridgehead atoms. The van der Waals surface area contributed by atoms with Crippen molar-refractivity contribution in [2.24, 2.45) is 0 Å². The van der Waals surface area contributed by atoms with Crippen molar-refractivity contribution in [1.82, 2.24) is 10.2 Å². The van der Waals surface area contributed by atoms with Gasteiger partial charge in [0.05, 0.1) is 13.2 Å². The normalized spacial score (nSPS) is 17.0. The first-order chi connectivity index (χ1) is 10.6. The van der Waals surface area contributed by atoms with Gasteiger partial charge in [0, 0.05) is 24.7 Å². The van der Waals surface area contributed by atoms with Crippen LogP contribution < -0.4 is 10.1 Å². The molecule has 0 aromatic heterocycles. The Labute approximate surface area is 136 Å². The third-order valence-corrected chi connectivity index (χ3v) is 3.80. The van der Waals surface area contributed by atoms with Gasteiger partial charge in [-0.2, -0.15) is 0 Å². The molecule has 1 fully saturated rings. The summed E-state index contributed by atoms with van der Waals surface area (Å²) in [6.45, 7) is 6.94. The summed E-state index contributed by atoms with van der Waals surface area (Å²) in [6.07, 6.45) is 0.406. The molecule has 22 heavy (non-hydrogen) atoms. The zero-order valence-corrected chi connectivity index (χ0v) is 13.6. The van der Waals surface area contributed by atoms with Crippen LogP contribution in [-0.2, 0) is 9.53 Å². The van der Waals surface area contributed by atoms with Gasteiger partial charge in [0.1, 0.15) is 5.75 Å². The van der Waals surface area contributed by atoms with Crippen LogP contribution in [0.25, 0.3) is 0 Å².